The highest BCUT2D eigenvalue weighted by Gasteiger charge is 2.28. The molecule has 3 N–H and O–H groups in total. The minimum Gasteiger partial charge on any atom is -0.387 e. The van der Waals surface area contributed by atoms with E-state index in [-0.39, 0.29) is 29.3 Å². The molecule has 0 aliphatic carbocycles. The van der Waals surface area contributed by atoms with E-state index in [4.69, 9.17) is 11.1 Å². The van der Waals surface area contributed by atoms with E-state index >= 15 is 0 Å². The third-order valence-electron chi connectivity index (χ3n) is 2.62. The highest BCUT2D eigenvalue weighted by atomic mass is 32.2. The number of nitrogens with two attached hydrogens (primary N) is 1. The number of amidine groups is 1. The SMILES string of the molecule is N=C(N)C1CCCN(CCSC(F)(F)F)C1. The van der Waals surface area contributed by atoms with E-state index < -0.39 is 5.51 Å². The molecule has 0 aromatic heterocycles. The predicted molar refractivity (Wildman–Crippen MR) is 59.6 cm³/mol. The number of piperidine rings is 1. The van der Waals surface area contributed by atoms with Crippen molar-refractivity contribution in [3.63, 3.8) is 0 Å². The fourth-order valence-corrected chi connectivity index (χ4v) is 2.38. The molecule has 0 amide bonds. The van der Waals surface area contributed by atoms with Crippen molar-refractivity contribution in [3.05, 3.63) is 0 Å². The molecule has 3 nitrogen and oxygen atoms in total. The molecule has 1 aliphatic rings. The van der Waals surface area contributed by atoms with Gasteiger partial charge < -0.3 is 10.6 Å². The van der Waals surface area contributed by atoms with Crippen LogP contribution in [0.15, 0.2) is 0 Å². The summed E-state index contributed by atoms with van der Waals surface area (Å²) in [6.07, 6.45) is 1.78. The van der Waals surface area contributed by atoms with Crippen molar-refractivity contribution in [2.24, 2.45) is 11.7 Å². The van der Waals surface area contributed by atoms with Crippen LogP contribution in [0.2, 0.25) is 0 Å². The van der Waals surface area contributed by atoms with E-state index in [1.165, 1.54) is 0 Å². The van der Waals surface area contributed by atoms with Crippen LogP contribution in [-0.4, -0.2) is 41.6 Å². The third-order valence-corrected chi connectivity index (χ3v) is 3.33. The van der Waals surface area contributed by atoms with Gasteiger partial charge in [0.05, 0.1) is 5.84 Å². The van der Waals surface area contributed by atoms with Gasteiger partial charge in [-0.05, 0) is 31.1 Å². The molecular formula is C9H16F3N3S. The van der Waals surface area contributed by atoms with Crippen molar-refractivity contribution < 1.29 is 13.2 Å². The molecule has 1 unspecified atom stereocenters. The molecule has 7 heteroatoms. The molecule has 1 heterocycles. The zero-order chi connectivity index (χ0) is 12.2. The quantitative estimate of drug-likeness (QED) is 0.596. The van der Waals surface area contributed by atoms with E-state index in [2.05, 4.69) is 0 Å². The first-order valence-electron chi connectivity index (χ1n) is 5.15. The maximum atomic E-state index is 11.9. The van der Waals surface area contributed by atoms with Gasteiger partial charge in [-0.25, -0.2) is 0 Å². The smallest absolute Gasteiger partial charge is 0.387 e. The second-order valence-corrected chi connectivity index (χ2v) is 5.05. The average molecular weight is 255 g/mol. The van der Waals surface area contributed by atoms with Gasteiger partial charge in [-0.1, -0.05) is 0 Å². The second-order valence-electron chi connectivity index (χ2n) is 3.89. The summed E-state index contributed by atoms with van der Waals surface area (Å²) in [4.78, 5) is 1.95. The van der Waals surface area contributed by atoms with Crippen LogP contribution in [0.5, 0.6) is 0 Å². The van der Waals surface area contributed by atoms with Crippen LogP contribution in [0, 0.1) is 11.3 Å². The largest absolute Gasteiger partial charge is 0.441 e. The lowest BCUT2D eigenvalue weighted by Crippen LogP contribution is -2.41. The molecular weight excluding hydrogens is 239 g/mol. The Hall–Kier alpha value is -0.430. The van der Waals surface area contributed by atoms with Gasteiger partial charge in [0.25, 0.3) is 0 Å². The number of rotatable bonds is 4. The summed E-state index contributed by atoms with van der Waals surface area (Å²) >= 11 is 0.0103. The van der Waals surface area contributed by atoms with E-state index in [0.29, 0.717) is 13.1 Å². The maximum absolute atomic E-state index is 11.9. The Labute approximate surface area is 97.1 Å². The minimum atomic E-state index is -4.14. The third kappa shape index (κ3) is 5.07. The van der Waals surface area contributed by atoms with Crippen LogP contribution < -0.4 is 5.73 Å². The fraction of sp³-hybridized carbons (Fsp3) is 0.889. The summed E-state index contributed by atoms with van der Waals surface area (Å²) in [6.45, 7) is 1.84. The Morgan fingerprint density at radius 1 is 1.50 bits per heavy atom. The summed E-state index contributed by atoms with van der Waals surface area (Å²) < 4.78 is 35.7. The van der Waals surface area contributed by atoms with Crippen LogP contribution in [0.25, 0.3) is 0 Å². The first-order chi connectivity index (χ1) is 7.38. The molecule has 1 saturated heterocycles. The monoisotopic (exact) mass is 255 g/mol. The van der Waals surface area contributed by atoms with E-state index in [9.17, 15) is 13.2 Å². The van der Waals surface area contributed by atoms with Gasteiger partial charge in [0.15, 0.2) is 0 Å². The van der Waals surface area contributed by atoms with Gasteiger partial charge in [-0.15, -0.1) is 0 Å². The van der Waals surface area contributed by atoms with Crippen molar-refractivity contribution in [1.82, 2.24) is 4.90 Å². The molecule has 0 bridgehead atoms. The van der Waals surface area contributed by atoms with Crippen LogP contribution in [0.1, 0.15) is 12.8 Å². The van der Waals surface area contributed by atoms with E-state index in [1.54, 1.807) is 0 Å². The summed E-state index contributed by atoms with van der Waals surface area (Å²) in [5.41, 5.74) is 1.26. The zero-order valence-corrected chi connectivity index (χ0v) is 9.70. The van der Waals surface area contributed by atoms with Gasteiger partial charge in [-0.2, -0.15) is 13.2 Å². The van der Waals surface area contributed by atoms with Crippen molar-refractivity contribution in [3.8, 4) is 0 Å². The number of likely N-dealkylation sites (tertiary alicyclic amines) is 1. The van der Waals surface area contributed by atoms with Gasteiger partial charge >= 0.3 is 5.51 Å². The van der Waals surface area contributed by atoms with E-state index in [0.717, 1.165) is 19.4 Å². The van der Waals surface area contributed by atoms with Gasteiger partial charge in [0, 0.05) is 24.8 Å². The Morgan fingerprint density at radius 2 is 2.19 bits per heavy atom. The minimum absolute atomic E-state index is 0.0103. The Balaban J connectivity index is 2.24. The Morgan fingerprint density at radius 3 is 2.75 bits per heavy atom. The topological polar surface area (TPSA) is 53.1 Å². The number of thioether (sulfide) groups is 1. The Kier molecular flexibility index (Phi) is 4.91. The summed E-state index contributed by atoms with van der Waals surface area (Å²) in [5, 5.41) is 7.32. The van der Waals surface area contributed by atoms with Crippen LogP contribution in [0.4, 0.5) is 13.2 Å². The number of hydrogen-bond acceptors (Lipinski definition) is 3. The molecule has 1 atom stereocenters. The molecule has 94 valence electrons. The molecule has 1 rings (SSSR count). The summed E-state index contributed by atoms with van der Waals surface area (Å²) in [5.74, 6) is 0.214. The molecule has 0 aromatic carbocycles. The summed E-state index contributed by atoms with van der Waals surface area (Å²) in [7, 11) is 0. The molecule has 0 aromatic rings. The maximum Gasteiger partial charge on any atom is 0.441 e. The molecule has 1 aliphatic heterocycles. The average Bonchev–Trinajstić information content (AvgIpc) is 2.16. The molecule has 16 heavy (non-hydrogen) atoms. The highest BCUT2D eigenvalue weighted by Crippen LogP contribution is 2.30. The lowest BCUT2D eigenvalue weighted by molar-refractivity contribution is -0.0329. The number of hydrogen-bond donors (Lipinski definition) is 2. The van der Waals surface area contributed by atoms with Crippen molar-refractivity contribution in [2.45, 2.75) is 18.3 Å². The van der Waals surface area contributed by atoms with Gasteiger partial charge in [-0.3, -0.25) is 5.41 Å². The lowest BCUT2D eigenvalue weighted by Gasteiger charge is -2.31. The second kappa shape index (κ2) is 5.77. The van der Waals surface area contributed by atoms with Gasteiger partial charge in [0.1, 0.15) is 0 Å². The fourth-order valence-electron chi connectivity index (χ4n) is 1.80. The highest BCUT2D eigenvalue weighted by molar-refractivity contribution is 8.00. The van der Waals surface area contributed by atoms with E-state index in [1.807, 2.05) is 4.90 Å². The lowest BCUT2D eigenvalue weighted by atomic mass is 9.97. The zero-order valence-electron chi connectivity index (χ0n) is 8.89. The number of alkyl halides is 3. The summed E-state index contributed by atoms with van der Waals surface area (Å²) in [6, 6.07) is 0. The van der Waals surface area contributed by atoms with Crippen LogP contribution in [-0.2, 0) is 0 Å². The van der Waals surface area contributed by atoms with Crippen LogP contribution in [0.3, 0.4) is 0 Å². The first kappa shape index (κ1) is 13.6. The van der Waals surface area contributed by atoms with Crippen molar-refractivity contribution in [2.75, 3.05) is 25.4 Å². The number of halogens is 3. The number of nitrogens with one attached hydrogen (secondary N) is 1. The molecule has 0 saturated carbocycles. The molecule has 0 spiro atoms. The first-order valence-corrected chi connectivity index (χ1v) is 6.14. The van der Waals surface area contributed by atoms with Gasteiger partial charge in [0.2, 0.25) is 0 Å². The Bertz CT molecular complexity index is 245. The number of nitrogens with zero attached hydrogens (tertiary/aromatic N) is 1. The van der Waals surface area contributed by atoms with Crippen LogP contribution >= 0.6 is 11.8 Å². The standard InChI is InChI=1S/C9H16F3N3S/c10-9(11,12)16-5-4-15-3-1-2-7(6-15)8(13)14/h7H,1-6H2,(H3,13,14). The predicted octanol–water partition coefficient (Wildman–Crippen LogP) is 1.89. The molecule has 0 radical (unpaired) electrons. The van der Waals surface area contributed by atoms with Crippen molar-refractivity contribution in [1.29, 1.82) is 5.41 Å². The normalized spacial score (nSPS) is 23.3. The molecule has 1 fully saturated rings. The van der Waals surface area contributed by atoms with Crippen molar-refractivity contribution >= 4 is 17.6 Å².